The molecular weight excluding hydrogens is 274 g/mol. The van der Waals surface area contributed by atoms with Crippen LogP contribution in [0, 0.1) is 22.7 Å². The topological polar surface area (TPSA) is 37.3 Å². The highest BCUT2D eigenvalue weighted by Gasteiger charge is 2.61. The van der Waals surface area contributed by atoms with E-state index in [1.165, 1.54) is 0 Å². The highest BCUT2D eigenvalue weighted by atomic mass is 19.3. The number of Topliss-reactive ketones (excluding diaryl/α,β-unsaturated/α-hetero) is 1. The van der Waals surface area contributed by atoms with Crippen molar-refractivity contribution in [1.82, 2.24) is 0 Å². The number of hydrogen-bond donors (Lipinski definition) is 1. The van der Waals surface area contributed by atoms with Crippen molar-refractivity contribution in [2.45, 2.75) is 78.2 Å². The van der Waals surface area contributed by atoms with E-state index in [1.807, 2.05) is 20.8 Å². The zero-order valence-corrected chi connectivity index (χ0v) is 13.8. The molecule has 2 aliphatic rings. The number of alkyl halides is 2. The van der Waals surface area contributed by atoms with E-state index < -0.39 is 22.4 Å². The summed E-state index contributed by atoms with van der Waals surface area (Å²) in [6.07, 6.45) is 1.08. The lowest BCUT2D eigenvalue weighted by Crippen LogP contribution is -2.52. The molecule has 0 aromatic rings. The van der Waals surface area contributed by atoms with Gasteiger partial charge in [-0.1, -0.05) is 34.6 Å². The minimum absolute atomic E-state index is 0.0340. The van der Waals surface area contributed by atoms with Gasteiger partial charge in [0.05, 0.1) is 11.0 Å². The van der Waals surface area contributed by atoms with Gasteiger partial charge in [-0.2, -0.15) is 0 Å². The second-order valence-corrected chi connectivity index (χ2v) is 8.42. The Hall–Kier alpha value is -0.510. The van der Waals surface area contributed by atoms with Crippen molar-refractivity contribution in [2.75, 3.05) is 0 Å². The Balaban J connectivity index is 2.21. The van der Waals surface area contributed by atoms with E-state index in [-0.39, 0.29) is 30.5 Å². The van der Waals surface area contributed by atoms with Crippen molar-refractivity contribution in [3.63, 3.8) is 0 Å². The van der Waals surface area contributed by atoms with Crippen LogP contribution in [0.1, 0.15) is 66.7 Å². The zero-order chi connectivity index (χ0) is 16.3. The molecule has 2 saturated carbocycles. The molecule has 1 N–H and O–H groups in total. The van der Waals surface area contributed by atoms with Gasteiger partial charge in [0.1, 0.15) is 5.78 Å². The van der Waals surface area contributed by atoms with Gasteiger partial charge in [0, 0.05) is 18.3 Å². The first kappa shape index (κ1) is 16.9. The number of fused-ring (bicyclic) bond motifs is 1. The maximum absolute atomic E-state index is 13.5. The van der Waals surface area contributed by atoms with Gasteiger partial charge in [-0.05, 0) is 31.1 Å². The van der Waals surface area contributed by atoms with Crippen molar-refractivity contribution < 1.29 is 18.7 Å². The lowest BCUT2D eigenvalue weighted by Gasteiger charge is -2.43. The largest absolute Gasteiger partial charge is 0.389 e. The van der Waals surface area contributed by atoms with Crippen molar-refractivity contribution in [2.24, 2.45) is 22.7 Å². The monoisotopic (exact) mass is 302 g/mol. The second-order valence-electron chi connectivity index (χ2n) is 8.42. The fraction of sp³-hybridized carbons (Fsp3) is 0.941. The predicted molar refractivity (Wildman–Crippen MR) is 78.2 cm³/mol. The van der Waals surface area contributed by atoms with Gasteiger partial charge >= 0.3 is 0 Å². The summed E-state index contributed by atoms with van der Waals surface area (Å²) in [5, 5.41) is 11.1. The Labute approximate surface area is 126 Å². The highest BCUT2D eigenvalue weighted by Crippen LogP contribution is 2.59. The number of rotatable bonds is 4. The van der Waals surface area contributed by atoms with E-state index in [1.54, 1.807) is 13.8 Å². The third kappa shape index (κ3) is 2.64. The summed E-state index contributed by atoms with van der Waals surface area (Å²) in [6.45, 7) is 9.31. The summed E-state index contributed by atoms with van der Waals surface area (Å²) in [5.74, 6) is -2.86. The van der Waals surface area contributed by atoms with E-state index in [0.717, 1.165) is 0 Å². The van der Waals surface area contributed by atoms with Gasteiger partial charge in [-0.3, -0.25) is 4.79 Å². The third-order valence-corrected chi connectivity index (χ3v) is 6.22. The predicted octanol–water partition coefficient (Wildman–Crippen LogP) is 4.20. The molecule has 2 rings (SSSR count). The first-order chi connectivity index (χ1) is 9.35. The van der Waals surface area contributed by atoms with Gasteiger partial charge in [-0.25, -0.2) is 8.78 Å². The van der Waals surface area contributed by atoms with E-state index in [0.29, 0.717) is 19.3 Å². The van der Waals surface area contributed by atoms with Gasteiger partial charge in [0.25, 0.3) is 0 Å². The van der Waals surface area contributed by atoms with Gasteiger partial charge in [-0.15, -0.1) is 0 Å². The Morgan fingerprint density at radius 2 is 1.52 bits per heavy atom. The summed E-state index contributed by atoms with van der Waals surface area (Å²) in [6, 6.07) is 0. The summed E-state index contributed by atoms with van der Waals surface area (Å²) in [7, 11) is 0. The van der Waals surface area contributed by atoms with Crippen LogP contribution < -0.4 is 0 Å². The molecule has 0 spiro atoms. The lowest BCUT2D eigenvalue weighted by atomic mass is 9.63. The van der Waals surface area contributed by atoms with Crippen molar-refractivity contribution >= 4 is 5.78 Å². The minimum atomic E-state index is -2.59. The van der Waals surface area contributed by atoms with E-state index in [4.69, 9.17) is 0 Å². The van der Waals surface area contributed by atoms with Crippen LogP contribution in [0.5, 0.6) is 0 Å². The average molecular weight is 302 g/mol. The molecule has 0 heterocycles. The van der Waals surface area contributed by atoms with Crippen LogP contribution in [0.3, 0.4) is 0 Å². The third-order valence-electron chi connectivity index (χ3n) is 6.22. The molecule has 3 atom stereocenters. The molecule has 0 aliphatic heterocycles. The van der Waals surface area contributed by atoms with Crippen LogP contribution in [0.2, 0.25) is 0 Å². The molecule has 0 aromatic carbocycles. The Morgan fingerprint density at radius 3 is 1.90 bits per heavy atom. The lowest BCUT2D eigenvalue weighted by molar-refractivity contribution is -0.154. The normalized spacial score (nSPS) is 35.8. The van der Waals surface area contributed by atoms with Crippen molar-refractivity contribution in [1.29, 1.82) is 0 Å². The maximum Gasteiger partial charge on any atom is 0.248 e. The second kappa shape index (κ2) is 4.74. The Morgan fingerprint density at radius 1 is 1.10 bits per heavy atom. The molecule has 2 fully saturated rings. The number of ketones is 1. The summed E-state index contributed by atoms with van der Waals surface area (Å²) < 4.78 is 26.9. The highest BCUT2D eigenvalue weighted by molar-refractivity contribution is 5.90. The van der Waals surface area contributed by atoms with E-state index in [2.05, 4.69) is 0 Å². The first-order valence-corrected chi connectivity index (χ1v) is 8.00. The number of hydrogen-bond acceptors (Lipinski definition) is 2. The molecule has 122 valence electrons. The fourth-order valence-corrected chi connectivity index (χ4v) is 4.34. The average Bonchev–Trinajstić information content (AvgIpc) is 2.77. The SMILES string of the molecule is CCC(C)(C)C(=O)C(C)(C)C1(O)C[C@H]2CC(F)(F)C[C@H]2C1. The van der Waals surface area contributed by atoms with Crippen LogP contribution in [-0.2, 0) is 4.79 Å². The standard InChI is InChI=1S/C17H28F2O2/c1-6-14(2,3)13(20)15(4,5)16(21)7-11-9-17(18,19)10-12(11)8-16/h11-12,21H,6-10H2,1-5H3/t11-,12+,16?. The molecule has 2 nitrogen and oxygen atoms in total. The summed E-state index contributed by atoms with van der Waals surface area (Å²) in [4.78, 5) is 12.8. The van der Waals surface area contributed by atoms with Crippen LogP contribution in [0.15, 0.2) is 0 Å². The van der Waals surface area contributed by atoms with Crippen LogP contribution in [-0.4, -0.2) is 22.4 Å². The van der Waals surface area contributed by atoms with Gasteiger partial charge < -0.3 is 5.11 Å². The minimum Gasteiger partial charge on any atom is -0.389 e. The molecule has 2 aliphatic carbocycles. The number of carbonyl (C=O) groups excluding carboxylic acids is 1. The van der Waals surface area contributed by atoms with Gasteiger partial charge in [0.15, 0.2) is 0 Å². The molecule has 21 heavy (non-hydrogen) atoms. The summed E-state index contributed by atoms with van der Waals surface area (Å²) >= 11 is 0. The fourth-order valence-electron chi connectivity index (χ4n) is 4.34. The molecule has 0 aromatic heterocycles. The van der Waals surface area contributed by atoms with Crippen LogP contribution >= 0.6 is 0 Å². The van der Waals surface area contributed by atoms with Crippen LogP contribution in [0.25, 0.3) is 0 Å². The maximum atomic E-state index is 13.5. The molecule has 1 unspecified atom stereocenters. The van der Waals surface area contributed by atoms with E-state index in [9.17, 15) is 18.7 Å². The Bertz CT molecular complexity index is 424. The van der Waals surface area contributed by atoms with E-state index >= 15 is 0 Å². The molecular formula is C17H28F2O2. The number of halogens is 2. The quantitative estimate of drug-likeness (QED) is 0.845. The molecule has 0 saturated heterocycles. The molecule has 0 bridgehead atoms. The molecule has 0 radical (unpaired) electrons. The van der Waals surface area contributed by atoms with Crippen molar-refractivity contribution in [3.8, 4) is 0 Å². The number of aliphatic hydroxyl groups is 1. The van der Waals surface area contributed by atoms with Crippen LogP contribution in [0.4, 0.5) is 8.78 Å². The smallest absolute Gasteiger partial charge is 0.248 e. The molecule has 0 amide bonds. The van der Waals surface area contributed by atoms with Crippen molar-refractivity contribution in [3.05, 3.63) is 0 Å². The Kier molecular flexibility index (Phi) is 3.80. The summed E-state index contributed by atoms with van der Waals surface area (Å²) in [5.41, 5.74) is -2.55. The van der Waals surface area contributed by atoms with Gasteiger partial charge in [0.2, 0.25) is 5.92 Å². The molecule has 4 heteroatoms. The first-order valence-electron chi connectivity index (χ1n) is 8.00. The zero-order valence-electron chi connectivity index (χ0n) is 13.8. The number of carbonyl (C=O) groups is 1.